The molecule has 0 heterocycles. The van der Waals surface area contributed by atoms with Crippen LogP contribution in [0.5, 0.6) is 0 Å². The van der Waals surface area contributed by atoms with E-state index in [2.05, 4.69) is 30.4 Å². The molecule has 0 saturated heterocycles. The monoisotopic (exact) mass is 288 g/mol. The van der Waals surface area contributed by atoms with Crippen molar-refractivity contribution >= 4 is 13.4 Å². The van der Waals surface area contributed by atoms with Crippen LogP contribution in [0.2, 0.25) is 12.1 Å². The fourth-order valence-electron chi connectivity index (χ4n) is 1.82. The van der Waals surface area contributed by atoms with Gasteiger partial charge < -0.3 is 14.9 Å². The normalized spacial score (nSPS) is 15.2. The van der Waals surface area contributed by atoms with Crippen molar-refractivity contribution in [3.05, 3.63) is 0 Å². The Morgan fingerprint density at radius 1 is 1.40 bits per heavy atom. The highest BCUT2D eigenvalue weighted by Gasteiger charge is 2.12. The van der Waals surface area contributed by atoms with Gasteiger partial charge in [0.15, 0.2) is 0 Å². The summed E-state index contributed by atoms with van der Waals surface area (Å²) in [6, 6.07) is 0.210. The van der Waals surface area contributed by atoms with Gasteiger partial charge in [-0.25, -0.2) is 10.2 Å². The smallest absolute Gasteiger partial charge is 0.421 e. The van der Waals surface area contributed by atoms with Crippen molar-refractivity contribution in [2.24, 2.45) is 0 Å². The largest absolute Gasteiger partial charge is 0.449 e. The number of hydrazine groups is 1. The van der Waals surface area contributed by atoms with Crippen LogP contribution in [0.3, 0.4) is 0 Å². The summed E-state index contributed by atoms with van der Waals surface area (Å²) in [6.45, 7) is 5.78. The molecule has 5 N–H and O–H groups in total. The van der Waals surface area contributed by atoms with Gasteiger partial charge in [-0.1, -0.05) is 32.4 Å². The number of nitrogens with one attached hydrogen (secondary N) is 3. The fourth-order valence-corrected chi connectivity index (χ4v) is 1.82. The molecule has 7 nitrogen and oxygen atoms in total. The maximum atomic E-state index is 11.1. The first kappa shape index (κ1) is 19.2. The first-order valence-corrected chi connectivity index (χ1v) is 7.03. The third-order valence-corrected chi connectivity index (χ3v) is 2.86. The molecule has 0 fully saturated rings. The lowest BCUT2D eigenvalue weighted by Gasteiger charge is -2.19. The third-order valence-electron chi connectivity index (χ3n) is 2.86. The van der Waals surface area contributed by atoms with Crippen LogP contribution in [-0.2, 0) is 4.74 Å². The highest BCUT2D eigenvalue weighted by molar-refractivity contribution is 6.37. The van der Waals surface area contributed by atoms with Gasteiger partial charge in [-0.3, -0.25) is 10.7 Å². The van der Waals surface area contributed by atoms with E-state index in [-0.39, 0.29) is 12.8 Å². The Kier molecular flexibility index (Phi) is 11.5. The Labute approximate surface area is 121 Å². The molecule has 0 aromatic carbocycles. The predicted molar refractivity (Wildman–Crippen MR) is 78.2 cm³/mol. The van der Waals surface area contributed by atoms with Gasteiger partial charge in [0, 0.05) is 0 Å². The summed E-state index contributed by atoms with van der Waals surface area (Å²) in [5.41, 5.74) is 4.44. The van der Waals surface area contributed by atoms with E-state index in [4.69, 9.17) is 9.84 Å². The second-order valence-corrected chi connectivity index (χ2v) is 4.77. The summed E-state index contributed by atoms with van der Waals surface area (Å²) >= 11 is 0. The molecule has 0 rings (SSSR count). The zero-order valence-corrected chi connectivity index (χ0v) is 12.6. The molecule has 117 valence electrons. The molecular formula is C12H27BN3O4. The number of carbonyl (C=O) groups excluding carboxylic acids is 1. The number of amides is 1. The number of aliphatic hydroxyl groups excluding tert-OH is 2. The molecule has 0 aliphatic carbocycles. The van der Waals surface area contributed by atoms with Gasteiger partial charge >= 0.3 is 6.09 Å². The van der Waals surface area contributed by atoms with Gasteiger partial charge in [0.2, 0.25) is 0 Å². The minimum absolute atomic E-state index is 0.210. The van der Waals surface area contributed by atoms with E-state index >= 15 is 0 Å². The number of aliphatic hydroxyl groups is 2. The highest BCUT2D eigenvalue weighted by Crippen LogP contribution is 2.16. The van der Waals surface area contributed by atoms with Crippen LogP contribution in [0.4, 0.5) is 4.79 Å². The highest BCUT2D eigenvalue weighted by atomic mass is 16.6. The molecular weight excluding hydrogens is 261 g/mol. The predicted octanol–water partition coefficient (Wildman–Crippen LogP) is 0.195. The maximum absolute atomic E-state index is 11.1. The lowest BCUT2D eigenvalue weighted by Crippen LogP contribution is -2.38. The minimum Gasteiger partial charge on any atom is -0.449 e. The van der Waals surface area contributed by atoms with Gasteiger partial charge in [-0.05, 0) is 19.4 Å². The average molecular weight is 288 g/mol. The number of rotatable bonds is 11. The van der Waals surface area contributed by atoms with Gasteiger partial charge in [0.1, 0.15) is 20.2 Å². The van der Waals surface area contributed by atoms with Crippen LogP contribution in [0.15, 0.2) is 0 Å². The Morgan fingerprint density at radius 2 is 2.10 bits per heavy atom. The summed E-state index contributed by atoms with van der Waals surface area (Å²) in [4.78, 5) is 11.1. The third kappa shape index (κ3) is 11.0. The second-order valence-electron chi connectivity index (χ2n) is 4.77. The molecule has 0 aliphatic heterocycles. The van der Waals surface area contributed by atoms with Crippen molar-refractivity contribution < 1.29 is 19.7 Å². The summed E-state index contributed by atoms with van der Waals surface area (Å²) in [5, 5.41) is 20.7. The average Bonchev–Trinajstić information content (AvgIpc) is 2.39. The topological polar surface area (TPSA) is 103 Å². The molecule has 1 amide bonds. The zero-order valence-electron chi connectivity index (χ0n) is 12.6. The molecule has 1 radical (unpaired) electrons. The molecule has 2 unspecified atom stereocenters. The van der Waals surface area contributed by atoms with Crippen molar-refractivity contribution in [3.8, 4) is 0 Å². The maximum Gasteiger partial charge on any atom is 0.421 e. The Balaban J connectivity index is 3.73. The minimum atomic E-state index is -0.599. The SMILES string of the molecule is CCC([B]C[C@H](C)NC(C)O)CCOC(=O)NNCO. The number of hydrogen-bond donors (Lipinski definition) is 5. The quantitative estimate of drug-likeness (QED) is 0.211. The van der Waals surface area contributed by atoms with Crippen LogP contribution in [0, 0.1) is 0 Å². The summed E-state index contributed by atoms with van der Waals surface area (Å²) in [7, 11) is 2.19. The van der Waals surface area contributed by atoms with E-state index in [0.29, 0.717) is 12.4 Å². The lowest BCUT2D eigenvalue weighted by atomic mass is 9.58. The molecule has 0 saturated carbocycles. The van der Waals surface area contributed by atoms with E-state index in [0.717, 1.165) is 19.2 Å². The second kappa shape index (κ2) is 12.0. The van der Waals surface area contributed by atoms with Crippen molar-refractivity contribution in [2.45, 2.75) is 58.0 Å². The number of hydrogen-bond acceptors (Lipinski definition) is 6. The van der Waals surface area contributed by atoms with E-state index < -0.39 is 12.3 Å². The van der Waals surface area contributed by atoms with Crippen molar-refractivity contribution in [3.63, 3.8) is 0 Å². The van der Waals surface area contributed by atoms with Crippen LogP contribution >= 0.6 is 0 Å². The lowest BCUT2D eigenvalue weighted by molar-refractivity contribution is 0.131. The van der Waals surface area contributed by atoms with Gasteiger partial charge in [-0.2, -0.15) is 0 Å². The van der Waals surface area contributed by atoms with Crippen molar-refractivity contribution in [1.82, 2.24) is 16.2 Å². The zero-order chi connectivity index (χ0) is 15.4. The van der Waals surface area contributed by atoms with Crippen molar-refractivity contribution in [1.29, 1.82) is 0 Å². The number of ether oxygens (including phenoxy) is 1. The van der Waals surface area contributed by atoms with Crippen LogP contribution in [-0.4, -0.2) is 49.2 Å². The Hall–Kier alpha value is -0.825. The molecule has 0 aliphatic rings. The molecule has 3 atom stereocenters. The molecule has 8 heteroatoms. The Bertz CT molecular complexity index is 257. The van der Waals surface area contributed by atoms with Crippen LogP contribution in [0.25, 0.3) is 0 Å². The van der Waals surface area contributed by atoms with Gasteiger partial charge in [0.25, 0.3) is 0 Å². The first-order valence-electron chi connectivity index (χ1n) is 7.03. The van der Waals surface area contributed by atoms with Crippen LogP contribution < -0.4 is 16.2 Å². The van der Waals surface area contributed by atoms with Crippen molar-refractivity contribution in [2.75, 3.05) is 13.3 Å². The molecule has 0 spiro atoms. The molecule has 0 bridgehead atoms. The standard InChI is InChI=1S/C12H27BN3O4/c1-4-11(13-7-9(2)15-10(3)18)5-6-20-12(19)16-14-8-17/h9-11,14-15,17-18H,4-8H2,1-3H3,(H,16,19)/t9-,10?,11?/m0/s1. The molecule has 20 heavy (non-hydrogen) atoms. The van der Waals surface area contributed by atoms with E-state index in [9.17, 15) is 9.90 Å². The summed E-state index contributed by atoms with van der Waals surface area (Å²) in [6.07, 6.45) is 1.47. The molecule has 0 aromatic heterocycles. The fraction of sp³-hybridized carbons (Fsp3) is 0.917. The first-order chi connectivity index (χ1) is 9.49. The number of carbonyl (C=O) groups is 1. The molecule has 0 aromatic rings. The summed E-state index contributed by atoms with van der Waals surface area (Å²) < 4.78 is 4.95. The van der Waals surface area contributed by atoms with E-state index in [1.165, 1.54) is 0 Å². The van der Waals surface area contributed by atoms with Gasteiger partial charge in [-0.15, -0.1) is 0 Å². The van der Waals surface area contributed by atoms with E-state index in [1.807, 2.05) is 6.92 Å². The Morgan fingerprint density at radius 3 is 2.65 bits per heavy atom. The van der Waals surface area contributed by atoms with Crippen LogP contribution in [0.1, 0.15) is 33.6 Å². The van der Waals surface area contributed by atoms with Gasteiger partial charge in [0.05, 0.1) is 6.61 Å². The summed E-state index contributed by atoms with van der Waals surface area (Å²) in [5.74, 6) is 0.367. The van der Waals surface area contributed by atoms with E-state index in [1.54, 1.807) is 6.92 Å².